The van der Waals surface area contributed by atoms with Crippen LogP contribution in [0.2, 0.25) is 0 Å². The van der Waals surface area contributed by atoms with Gasteiger partial charge in [0, 0.05) is 11.1 Å². The first kappa shape index (κ1) is 17.4. The van der Waals surface area contributed by atoms with Crippen LogP contribution >= 0.6 is 0 Å². The van der Waals surface area contributed by atoms with Crippen LogP contribution in [0.1, 0.15) is 58.9 Å². The Balaban J connectivity index is 2.66. The van der Waals surface area contributed by atoms with Gasteiger partial charge in [-0.15, -0.1) is 0 Å². The summed E-state index contributed by atoms with van der Waals surface area (Å²) in [5, 5.41) is 18.3. The van der Waals surface area contributed by atoms with E-state index in [1.807, 2.05) is 33.8 Å². The van der Waals surface area contributed by atoms with Crippen LogP contribution in [-0.4, -0.2) is 27.9 Å². The third kappa shape index (κ3) is 2.93. The van der Waals surface area contributed by atoms with Crippen LogP contribution in [0.5, 0.6) is 0 Å². The highest BCUT2D eigenvalue weighted by atomic mass is 16.4. The average Bonchev–Trinajstić information content (AvgIpc) is 2.52. The molecular formula is C19H18O5. The highest BCUT2D eigenvalue weighted by Crippen LogP contribution is 2.25. The minimum atomic E-state index is -1.38. The predicted octanol–water partition coefficient (Wildman–Crippen LogP) is 3.55. The SMILES string of the molecule is Cc1cc(C)c(C)c(C(=O)c2ccc(C(=O)O)c(C(=O)O)c2)c1C. The molecule has 0 unspecified atom stereocenters. The molecule has 0 aliphatic rings. The Labute approximate surface area is 139 Å². The summed E-state index contributed by atoms with van der Waals surface area (Å²) >= 11 is 0. The van der Waals surface area contributed by atoms with Crippen molar-refractivity contribution >= 4 is 17.7 Å². The topological polar surface area (TPSA) is 91.7 Å². The second-order valence-corrected chi connectivity index (χ2v) is 5.84. The zero-order chi connectivity index (χ0) is 18.2. The predicted molar refractivity (Wildman–Crippen MR) is 89.2 cm³/mol. The second kappa shape index (κ2) is 6.28. The van der Waals surface area contributed by atoms with E-state index in [-0.39, 0.29) is 16.9 Å². The lowest BCUT2D eigenvalue weighted by atomic mass is 9.88. The molecule has 2 N–H and O–H groups in total. The number of carboxylic acids is 2. The summed E-state index contributed by atoms with van der Waals surface area (Å²) in [6, 6.07) is 5.64. The lowest BCUT2D eigenvalue weighted by Gasteiger charge is -2.15. The number of benzene rings is 2. The summed E-state index contributed by atoms with van der Waals surface area (Å²) in [7, 11) is 0. The molecule has 2 aromatic carbocycles. The summed E-state index contributed by atoms with van der Waals surface area (Å²) in [6.07, 6.45) is 0. The van der Waals surface area contributed by atoms with Gasteiger partial charge in [0.15, 0.2) is 5.78 Å². The smallest absolute Gasteiger partial charge is 0.336 e. The molecule has 2 aromatic rings. The maximum absolute atomic E-state index is 12.9. The molecule has 0 atom stereocenters. The van der Waals surface area contributed by atoms with Crippen molar-refractivity contribution in [3.05, 3.63) is 68.8 Å². The van der Waals surface area contributed by atoms with Gasteiger partial charge in [-0.25, -0.2) is 9.59 Å². The minimum Gasteiger partial charge on any atom is -0.478 e. The number of carboxylic acid groups (broad SMARTS) is 2. The van der Waals surface area contributed by atoms with Crippen LogP contribution in [0.3, 0.4) is 0 Å². The molecule has 124 valence electrons. The van der Waals surface area contributed by atoms with E-state index >= 15 is 0 Å². The summed E-state index contributed by atoms with van der Waals surface area (Å²) in [5.41, 5.74) is 3.58. The molecule has 0 heterocycles. The lowest BCUT2D eigenvalue weighted by Crippen LogP contribution is -2.13. The first-order valence-corrected chi connectivity index (χ1v) is 7.37. The maximum atomic E-state index is 12.9. The Morgan fingerprint density at radius 3 is 1.71 bits per heavy atom. The number of aryl methyl sites for hydroxylation is 2. The summed E-state index contributed by atoms with van der Waals surface area (Å²) in [4.78, 5) is 35.3. The Morgan fingerprint density at radius 1 is 0.750 bits per heavy atom. The lowest BCUT2D eigenvalue weighted by molar-refractivity contribution is 0.0651. The van der Waals surface area contributed by atoms with Crippen molar-refractivity contribution in [1.82, 2.24) is 0 Å². The number of carbonyl (C=O) groups excluding carboxylic acids is 1. The van der Waals surface area contributed by atoms with Crippen molar-refractivity contribution in [2.75, 3.05) is 0 Å². The number of carbonyl (C=O) groups is 3. The third-order valence-corrected chi connectivity index (χ3v) is 4.34. The minimum absolute atomic E-state index is 0.161. The number of aromatic carboxylic acids is 2. The molecule has 0 aliphatic carbocycles. The summed E-state index contributed by atoms with van der Waals surface area (Å²) in [6.45, 7) is 7.51. The normalized spacial score (nSPS) is 10.5. The zero-order valence-corrected chi connectivity index (χ0v) is 13.9. The Bertz CT molecular complexity index is 852. The van der Waals surface area contributed by atoms with Crippen LogP contribution in [0.15, 0.2) is 24.3 Å². The first-order chi connectivity index (χ1) is 11.1. The first-order valence-electron chi connectivity index (χ1n) is 7.37. The van der Waals surface area contributed by atoms with E-state index in [0.29, 0.717) is 5.56 Å². The summed E-state index contributed by atoms with van der Waals surface area (Å²) in [5.74, 6) is -3.03. The van der Waals surface area contributed by atoms with E-state index in [9.17, 15) is 19.5 Å². The monoisotopic (exact) mass is 326 g/mol. The molecule has 5 heteroatoms. The molecule has 0 saturated carbocycles. The maximum Gasteiger partial charge on any atom is 0.336 e. The van der Waals surface area contributed by atoms with Gasteiger partial charge in [0.05, 0.1) is 11.1 Å². The largest absolute Gasteiger partial charge is 0.478 e. The van der Waals surface area contributed by atoms with Gasteiger partial charge in [-0.1, -0.05) is 12.1 Å². The highest BCUT2D eigenvalue weighted by molar-refractivity contribution is 6.13. The quantitative estimate of drug-likeness (QED) is 0.838. The molecule has 0 bridgehead atoms. The van der Waals surface area contributed by atoms with E-state index in [4.69, 9.17) is 5.11 Å². The van der Waals surface area contributed by atoms with Gasteiger partial charge < -0.3 is 10.2 Å². The molecular weight excluding hydrogens is 308 g/mol. The van der Waals surface area contributed by atoms with Gasteiger partial charge in [0.1, 0.15) is 0 Å². The van der Waals surface area contributed by atoms with Crippen LogP contribution in [-0.2, 0) is 0 Å². The van der Waals surface area contributed by atoms with E-state index in [0.717, 1.165) is 34.4 Å². The van der Waals surface area contributed by atoms with Crippen molar-refractivity contribution in [3.63, 3.8) is 0 Å². The standard InChI is InChI=1S/C19H18O5/c1-9-7-10(2)12(4)16(11(9)3)17(20)13-5-6-14(18(21)22)15(8-13)19(23)24/h5-8H,1-4H3,(H,21,22)(H,23,24). The molecule has 0 aromatic heterocycles. The van der Waals surface area contributed by atoms with Gasteiger partial charge in [-0.2, -0.15) is 0 Å². The van der Waals surface area contributed by atoms with Gasteiger partial charge in [-0.05, 0) is 62.1 Å². The average molecular weight is 326 g/mol. The van der Waals surface area contributed by atoms with Crippen LogP contribution in [0, 0.1) is 27.7 Å². The van der Waals surface area contributed by atoms with E-state index in [2.05, 4.69) is 0 Å². The van der Waals surface area contributed by atoms with E-state index in [1.54, 1.807) is 0 Å². The Hall–Kier alpha value is -2.95. The molecule has 0 spiro atoms. The molecule has 5 nitrogen and oxygen atoms in total. The van der Waals surface area contributed by atoms with Crippen molar-refractivity contribution in [2.24, 2.45) is 0 Å². The Morgan fingerprint density at radius 2 is 1.25 bits per heavy atom. The Kier molecular flexibility index (Phi) is 4.55. The molecule has 0 radical (unpaired) electrons. The van der Waals surface area contributed by atoms with Gasteiger partial charge >= 0.3 is 11.9 Å². The highest BCUT2D eigenvalue weighted by Gasteiger charge is 2.22. The van der Waals surface area contributed by atoms with Gasteiger partial charge in [0.25, 0.3) is 0 Å². The van der Waals surface area contributed by atoms with Crippen LogP contribution in [0.25, 0.3) is 0 Å². The number of ketones is 1. The van der Waals surface area contributed by atoms with Crippen LogP contribution < -0.4 is 0 Å². The van der Waals surface area contributed by atoms with Crippen molar-refractivity contribution < 1.29 is 24.6 Å². The molecule has 0 fully saturated rings. The fourth-order valence-electron chi connectivity index (χ4n) is 2.75. The molecule has 0 amide bonds. The number of rotatable bonds is 4. The molecule has 24 heavy (non-hydrogen) atoms. The van der Waals surface area contributed by atoms with Crippen LogP contribution in [0.4, 0.5) is 0 Å². The van der Waals surface area contributed by atoms with Crippen molar-refractivity contribution in [2.45, 2.75) is 27.7 Å². The van der Waals surface area contributed by atoms with E-state index < -0.39 is 17.5 Å². The van der Waals surface area contributed by atoms with Crippen molar-refractivity contribution in [1.29, 1.82) is 0 Å². The van der Waals surface area contributed by atoms with Gasteiger partial charge in [0.2, 0.25) is 0 Å². The summed E-state index contributed by atoms with van der Waals surface area (Å²) < 4.78 is 0. The van der Waals surface area contributed by atoms with E-state index in [1.165, 1.54) is 6.07 Å². The second-order valence-electron chi connectivity index (χ2n) is 5.84. The number of hydrogen-bond donors (Lipinski definition) is 2. The van der Waals surface area contributed by atoms with Gasteiger partial charge in [-0.3, -0.25) is 4.79 Å². The number of hydrogen-bond acceptors (Lipinski definition) is 3. The fourth-order valence-corrected chi connectivity index (χ4v) is 2.75. The van der Waals surface area contributed by atoms with Crippen molar-refractivity contribution in [3.8, 4) is 0 Å². The fraction of sp³-hybridized carbons (Fsp3) is 0.211. The molecule has 2 rings (SSSR count). The zero-order valence-electron chi connectivity index (χ0n) is 13.9. The molecule has 0 aliphatic heterocycles. The third-order valence-electron chi connectivity index (χ3n) is 4.34. The molecule has 0 saturated heterocycles.